The molecule has 94 valence electrons. The van der Waals surface area contributed by atoms with Gasteiger partial charge in [-0.05, 0) is 36.2 Å². The van der Waals surface area contributed by atoms with Crippen LogP contribution in [0, 0.1) is 6.92 Å². The first-order valence-corrected chi connectivity index (χ1v) is 6.09. The van der Waals surface area contributed by atoms with Crippen molar-refractivity contribution >= 4 is 11.6 Å². The number of hydrogen-bond donors (Lipinski definition) is 1. The van der Waals surface area contributed by atoms with E-state index in [0.717, 1.165) is 22.6 Å². The lowest BCUT2D eigenvalue weighted by Crippen LogP contribution is -2.02. The minimum absolute atomic E-state index is 0.423. The Labute approximate surface area is 112 Å². The third-order valence-corrected chi connectivity index (χ3v) is 2.88. The normalized spacial score (nSPS) is 10.4. The van der Waals surface area contributed by atoms with Gasteiger partial charge < -0.3 is 10.5 Å². The number of benzene rings is 1. The van der Waals surface area contributed by atoms with Gasteiger partial charge in [-0.2, -0.15) is 0 Å². The summed E-state index contributed by atoms with van der Waals surface area (Å²) in [6.07, 6.45) is 1.77. The van der Waals surface area contributed by atoms with E-state index in [1.54, 1.807) is 6.20 Å². The van der Waals surface area contributed by atoms with Crippen LogP contribution in [-0.2, 0) is 13.2 Å². The summed E-state index contributed by atoms with van der Waals surface area (Å²) in [5, 5.41) is 0.669. The van der Waals surface area contributed by atoms with Crippen molar-refractivity contribution in [2.24, 2.45) is 5.73 Å². The maximum atomic E-state index is 5.93. The predicted molar refractivity (Wildman–Crippen MR) is 72.6 cm³/mol. The molecule has 0 radical (unpaired) electrons. The van der Waals surface area contributed by atoms with Crippen molar-refractivity contribution in [1.29, 1.82) is 0 Å². The summed E-state index contributed by atoms with van der Waals surface area (Å²) >= 11 is 5.93. The van der Waals surface area contributed by atoms with Crippen molar-refractivity contribution in [2.75, 3.05) is 0 Å². The average Bonchev–Trinajstić information content (AvgIpc) is 2.40. The Kier molecular flexibility index (Phi) is 4.18. The molecule has 0 atom stereocenters. The third-order valence-electron chi connectivity index (χ3n) is 2.65. The Morgan fingerprint density at radius 3 is 2.78 bits per heavy atom. The molecule has 0 bridgehead atoms. The number of nitrogens with two attached hydrogens (primary N) is 1. The predicted octanol–water partition coefficient (Wildman–Crippen LogP) is 3.08. The zero-order valence-electron chi connectivity index (χ0n) is 10.2. The Morgan fingerprint density at radius 1 is 1.28 bits per heavy atom. The fourth-order valence-electron chi connectivity index (χ4n) is 1.54. The summed E-state index contributed by atoms with van der Waals surface area (Å²) in [6.45, 7) is 2.91. The highest BCUT2D eigenvalue weighted by atomic mass is 35.5. The van der Waals surface area contributed by atoms with Gasteiger partial charge in [0.1, 0.15) is 12.4 Å². The molecule has 0 saturated carbocycles. The minimum atomic E-state index is 0.423. The molecule has 4 heteroatoms. The van der Waals surface area contributed by atoms with Crippen LogP contribution >= 0.6 is 11.6 Å². The summed E-state index contributed by atoms with van der Waals surface area (Å²) < 4.78 is 5.70. The summed E-state index contributed by atoms with van der Waals surface area (Å²) in [4.78, 5) is 4.28. The Morgan fingerprint density at radius 2 is 2.11 bits per heavy atom. The molecule has 0 aliphatic carbocycles. The molecular formula is C14H15ClN2O. The molecule has 18 heavy (non-hydrogen) atoms. The molecule has 1 aromatic carbocycles. The zero-order chi connectivity index (χ0) is 13.0. The average molecular weight is 263 g/mol. The number of aryl methyl sites for hydroxylation is 1. The number of pyridine rings is 1. The maximum absolute atomic E-state index is 5.93. The molecule has 0 unspecified atom stereocenters. The lowest BCUT2D eigenvalue weighted by atomic mass is 10.2. The van der Waals surface area contributed by atoms with Gasteiger partial charge in [-0.15, -0.1) is 0 Å². The zero-order valence-corrected chi connectivity index (χ0v) is 10.9. The molecule has 0 aliphatic rings. The number of nitrogens with zero attached hydrogens (tertiary/aromatic N) is 1. The van der Waals surface area contributed by atoms with E-state index in [1.165, 1.54) is 0 Å². The second-order valence-electron chi connectivity index (χ2n) is 4.06. The smallest absolute Gasteiger partial charge is 0.130 e. The topological polar surface area (TPSA) is 48.1 Å². The monoisotopic (exact) mass is 262 g/mol. The van der Waals surface area contributed by atoms with Gasteiger partial charge in [0.15, 0.2) is 0 Å². The van der Waals surface area contributed by atoms with Gasteiger partial charge in [-0.25, -0.2) is 0 Å². The van der Waals surface area contributed by atoms with E-state index in [9.17, 15) is 0 Å². The van der Waals surface area contributed by atoms with Crippen LogP contribution in [-0.4, -0.2) is 4.98 Å². The lowest BCUT2D eigenvalue weighted by Gasteiger charge is -2.09. The number of ether oxygens (including phenoxy) is 1. The first kappa shape index (κ1) is 12.9. The number of rotatable bonds is 4. The number of hydrogen-bond acceptors (Lipinski definition) is 3. The maximum Gasteiger partial charge on any atom is 0.130 e. The lowest BCUT2D eigenvalue weighted by molar-refractivity contribution is 0.299. The van der Waals surface area contributed by atoms with Crippen LogP contribution in [0.4, 0.5) is 0 Å². The second kappa shape index (κ2) is 5.85. The largest absolute Gasteiger partial charge is 0.487 e. The second-order valence-corrected chi connectivity index (χ2v) is 4.50. The van der Waals surface area contributed by atoms with Gasteiger partial charge in [-0.3, -0.25) is 4.98 Å². The summed E-state index contributed by atoms with van der Waals surface area (Å²) in [5.41, 5.74) is 8.45. The fourth-order valence-corrected chi connectivity index (χ4v) is 1.70. The summed E-state index contributed by atoms with van der Waals surface area (Å²) in [7, 11) is 0. The molecule has 2 aromatic rings. The molecular weight excluding hydrogens is 248 g/mol. The van der Waals surface area contributed by atoms with Crippen LogP contribution in [0.5, 0.6) is 5.75 Å². The van der Waals surface area contributed by atoms with Gasteiger partial charge in [-0.1, -0.05) is 23.7 Å². The first-order valence-electron chi connectivity index (χ1n) is 5.72. The molecule has 0 fully saturated rings. The summed E-state index contributed by atoms with van der Waals surface area (Å²) in [6, 6.07) is 9.46. The number of aromatic nitrogens is 1. The van der Waals surface area contributed by atoms with E-state index in [-0.39, 0.29) is 0 Å². The van der Waals surface area contributed by atoms with Crippen molar-refractivity contribution in [3.8, 4) is 5.75 Å². The molecule has 1 aromatic heterocycles. The van der Waals surface area contributed by atoms with E-state index in [0.29, 0.717) is 18.2 Å². The van der Waals surface area contributed by atoms with Crippen molar-refractivity contribution in [3.63, 3.8) is 0 Å². The van der Waals surface area contributed by atoms with E-state index in [2.05, 4.69) is 4.98 Å². The molecule has 0 amide bonds. The number of halogens is 1. The molecule has 3 nitrogen and oxygen atoms in total. The third kappa shape index (κ3) is 3.22. The highest BCUT2D eigenvalue weighted by molar-refractivity contribution is 6.30. The molecule has 0 aliphatic heterocycles. The van der Waals surface area contributed by atoms with Crippen LogP contribution in [0.3, 0.4) is 0 Å². The first-order chi connectivity index (χ1) is 8.69. The minimum Gasteiger partial charge on any atom is -0.487 e. The van der Waals surface area contributed by atoms with Crippen LogP contribution < -0.4 is 10.5 Å². The highest BCUT2D eigenvalue weighted by Crippen LogP contribution is 2.23. The molecule has 0 spiro atoms. The quantitative estimate of drug-likeness (QED) is 0.921. The standard InChI is InChI=1S/C14H15ClN2O/c1-10-2-4-12(15)6-14(10)18-9-13-5-3-11(7-16)8-17-13/h2-6,8H,7,9,16H2,1H3. The Hall–Kier alpha value is -1.58. The van der Waals surface area contributed by atoms with Crippen molar-refractivity contribution < 1.29 is 4.74 Å². The van der Waals surface area contributed by atoms with Crippen molar-refractivity contribution in [1.82, 2.24) is 4.98 Å². The molecule has 1 heterocycles. The van der Waals surface area contributed by atoms with E-state index < -0.39 is 0 Å². The Balaban J connectivity index is 2.04. The van der Waals surface area contributed by atoms with Gasteiger partial charge in [0, 0.05) is 17.8 Å². The molecule has 2 N–H and O–H groups in total. The molecule has 2 rings (SSSR count). The van der Waals surface area contributed by atoms with Gasteiger partial charge >= 0.3 is 0 Å². The van der Waals surface area contributed by atoms with Crippen molar-refractivity contribution in [3.05, 3.63) is 58.4 Å². The van der Waals surface area contributed by atoms with Crippen LogP contribution in [0.15, 0.2) is 36.5 Å². The van der Waals surface area contributed by atoms with Gasteiger partial charge in [0.05, 0.1) is 5.69 Å². The van der Waals surface area contributed by atoms with E-state index in [4.69, 9.17) is 22.1 Å². The Bertz CT molecular complexity index is 526. The van der Waals surface area contributed by atoms with Gasteiger partial charge in [0.2, 0.25) is 0 Å². The van der Waals surface area contributed by atoms with Crippen LogP contribution in [0.25, 0.3) is 0 Å². The highest BCUT2D eigenvalue weighted by Gasteiger charge is 2.02. The fraction of sp³-hybridized carbons (Fsp3) is 0.214. The van der Waals surface area contributed by atoms with Gasteiger partial charge in [0.25, 0.3) is 0 Å². The SMILES string of the molecule is Cc1ccc(Cl)cc1OCc1ccc(CN)cn1. The molecule has 0 saturated heterocycles. The van der Waals surface area contributed by atoms with Crippen LogP contribution in [0.1, 0.15) is 16.8 Å². The van der Waals surface area contributed by atoms with E-state index >= 15 is 0 Å². The summed E-state index contributed by atoms with van der Waals surface area (Å²) in [5.74, 6) is 0.784. The van der Waals surface area contributed by atoms with Crippen molar-refractivity contribution in [2.45, 2.75) is 20.1 Å². The van der Waals surface area contributed by atoms with Crippen LogP contribution in [0.2, 0.25) is 5.02 Å². The van der Waals surface area contributed by atoms with E-state index in [1.807, 2.05) is 37.3 Å².